The number of amidine groups is 1. The first-order valence-corrected chi connectivity index (χ1v) is 6.14. The van der Waals surface area contributed by atoms with Crippen molar-refractivity contribution in [3.05, 3.63) is 33.7 Å². The third kappa shape index (κ3) is 2.47. The normalized spacial score (nSPS) is 18.7. The lowest BCUT2D eigenvalue weighted by molar-refractivity contribution is 0.866. The van der Waals surface area contributed by atoms with Gasteiger partial charge in [0.25, 0.3) is 0 Å². The molecule has 1 aliphatic rings. The average Bonchev–Trinajstić information content (AvgIpc) is 2.60. The van der Waals surface area contributed by atoms with Crippen molar-refractivity contribution in [1.82, 2.24) is 5.32 Å². The van der Waals surface area contributed by atoms with E-state index in [-0.39, 0.29) is 18.4 Å². The third-order valence-electron chi connectivity index (χ3n) is 2.75. The second-order valence-electron chi connectivity index (χ2n) is 3.79. The van der Waals surface area contributed by atoms with Crippen LogP contribution < -0.4 is 5.32 Å². The number of aryl methyl sites for hydroxylation is 1. The Labute approximate surface area is 107 Å². The van der Waals surface area contributed by atoms with Crippen LogP contribution in [0.5, 0.6) is 0 Å². The van der Waals surface area contributed by atoms with Gasteiger partial charge >= 0.3 is 0 Å². The summed E-state index contributed by atoms with van der Waals surface area (Å²) in [5, 5.41) is 5.38. The van der Waals surface area contributed by atoms with Gasteiger partial charge in [0, 0.05) is 17.5 Å². The Bertz CT molecular complexity index is 421. The molecule has 4 heteroatoms. The molecule has 1 N–H and O–H groups in total. The number of nitrogens with zero attached hydrogens (tertiary/aromatic N) is 1. The highest BCUT2D eigenvalue weighted by Crippen LogP contribution is 2.31. The largest absolute Gasteiger partial charge is 0.351 e. The van der Waals surface area contributed by atoms with Crippen LogP contribution in [-0.2, 0) is 0 Å². The molecule has 0 fully saturated rings. The highest BCUT2D eigenvalue weighted by Gasteiger charge is 2.15. The van der Waals surface area contributed by atoms with Crippen molar-refractivity contribution in [1.29, 1.82) is 0 Å². The van der Waals surface area contributed by atoms with Gasteiger partial charge in [-0.15, -0.1) is 23.7 Å². The van der Waals surface area contributed by atoms with E-state index in [4.69, 9.17) is 0 Å². The fourth-order valence-corrected chi connectivity index (χ4v) is 2.73. The molecule has 0 saturated carbocycles. The molecule has 0 radical (unpaired) electrons. The lowest BCUT2D eigenvalue weighted by Gasteiger charge is -2.15. The average molecular weight is 257 g/mol. The Morgan fingerprint density at radius 2 is 2.19 bits per heavy atom. The lowest BCUT2D eigenvalue weighted by atomic mass is 10.1. The van der Waals surface area contributed by atoms with Gasteiger partial charge in [0.05, 0.1) is 0 Å². The van der Waals surface area contributed by atoms with E-state index < -0.39 is 0 Å². The Balaban J connectivity index is 0.00000128. The van der Waals surface area contributed by atoms with E-state index in [9.17, 15) is 0 Å². The maximum atomic E-state index is 4.67. The molecule has 0 spiro atoms. The number of halogens is 1. The second kappa shape index (κ2) is 5.51. The predicted octanol–water partition coefficient (Wildman–Crippen LogP) is 3.75. The van der Waals surface area contributed by atoms with E-state index in [1.165, 1.54) is 16.0 Å². The summed E-state index contributed by atoms with van der Waals surface area (Å²) in [4.78, 5) is 6.05. The third-order valence-corrected chi connectivity index (χ3v) is 4.02. The minimum absolute atomic E-state index is 0. The van der Waals surface area contributed by atoms with E-state index in [0.717, 1.165) is 12.3 Å². The lowest BCUT2D eigenvalue weighted by Crippen LogP contribution is -2.20. The number of aliphatic imine (C=N–C) groups is 1. The van der Waals surface area contributed by atoms with Gasteiger partial charge in [0.2, 0.25) is 0 Å². The minimum Gasteiger partial charge on any atom is -0.351 e. The molecular formula is C12H17ClN2S. The first-order valence-electron chi connectivity index (χ1n) is 5.26. The van der Waals surface area contributed by atoms with Crippen LogP contribution in [0.4, 0.5) is 0 Å². The number of rotatable bonds is 2. The monoisotopic (exact) mass is 256 g/mol. The SMILES string of the molecule is CCC1=NC(c2scc(C)c2C)C=CN1.Cl. The maximum absolute atomic E-state index is 4.67. The summed E-state index contributed by atoms with van der Waals surface area (Å²) in [6.45, 7) is 6.46. The molecule has 1 aliphatic heterocycles. The zero-order chi connectivity index (χ0) is 10.8. The van der Waals surface area contributed by atoms with Crippen molar-refractivity contribution in [2.24, 2.45) is 4.99 Å². The Hall–Kier alpha value is -0.800. The number of hydrogen-bond acceptors (Lipinski definition) is 3. The van der Waals surface area contributed by atoms with Gasteiger partial charge in [-0.2, -0.15) is 0 Å². The first-order chi connectivity index (χ1) is 7.22. The summed E-state index contributed by atoms with van der Waals surface area (Å²) in [6.07, 6.45) is 5.09. The molecule has 0 aromatic carbocycles. The van der Waals surface area contributed by atoms with Gasteiger partial charge in [-0.05, 0) is 36.4 Å². The molecule has 88 valence electrons. The summed E-state index contributed by atoms with van der Waals surface area (Å²) in [7, 11) is 0. The van der Waals surface area contributed by atoms with Crippen LogP contribution in [0.3, 0.4) is 0 Å². The number of thiophene rings is 1. The van der Waals surface area contributed by atoms with Crippen LogP contribution >= 0.6 is 23.7 Å². The quantitative estimate of drug-likeness (QED) is 0.856. The molecule has 0 amide bonds. The van der Waals surface area contributed by atoms with Crippen LogP contribution in [0, 0.1) is 13.8 Å². The highest BCUT2D eigenvalue weighted by molar-refractivity contribution is 7.10. The fourth-order valence-electron chi connectivity index (χ4n) is 1.64. The van der Waals surface area contributed by atoms with E-state index in [1.807, 2.05) is 17.5 Å². The molecule has 2 heterocycles. The zero-order valence-electron chi connectivity index (χ0n) is 9.78. The summed E-state index contributed by atoms with van der Waals surface area (Å²) in [6, 6.07) is 0.222. The van der Waals surface area contributed by atoms with Gasteiger partial charge in [-0.3, -0.25) is 4.99 Å². The number of hydrogen-bond donors (Lipinski definition) is 1. The molecule has 0 saturated heterocycles. The number of nitrogens with one attached hydrogen (secondary N) is 1. The smallest absolute Gasteiger partial charge is 0.106 e. The van der Waals surface area contributed by atoms with Crippen molar-refractivity contribution in [3.8, 4) is 0 Å². The van der Waals surface area contributed by atoms with Crippen LogP contribution in [0.15, 0.2) is 22.6 Å². The molecule has 2 nitrogen and oxygen atoms in total. The van der Waals surface area contributed by atoms with Gasteiger partial charge < -0.3 is 5.32 Å². The molecule has 16 heavy (non-hydrogen) atoms. The van der Waals surface area contributed by atoms with Crippen LogP contribution in [0.25, 0.3) is 0 Å². The molecule has 1 unspecified atom stereocenters. The van der Waals surface area contributed by atoms with Crippen molar-refractivity contribution in [2.45, 2.75) is 33.2 Å². The summed E-state index contributed by atoms with van der Waals surface area (Å²) in [5.74, 6) is 1.08. The van der Waals surface area contributed by atoms with Crippen molar-refractivity contribution in [2.75, 3.05) is 0 Å². The van der Waals surface area contributed by atoms with E-state index >= 15 is 0 Å². The standard InChI is InChI=1S/C12H16N2S.ClH/c1-4-11-13-6-5-10(14-11)12-9(3)8(2)7-15-12;/h5-7,10H,4H2,1-3H3,(H,13,14);1H. The van der Waals surface area contributed by atoms with Crippen molar-refractivity contribution >= 4 is 29.6 Å². The summed E-state index contributed by atoms with van der Waals surface area (Å²) in [5.41, 5.74) is 2.76. The zero-order valence-corrected chi connectivity index (χ0v) is 11.4. The fraction of sp³-hybridized carbons (Fsp3) is 0.417. The molecule has 1 atom stereocenters. The van der Waals surface area contributed by atoms with Crippen molar-refractivity contribution < 1.29 is 0 Å². The van der Waals surface area contributed by atoms with Crippen molar-refractivity contribution in [3.63, 3.8) is 0 Å². The van der Waals surface area contributed by atoms with Gasteiger partial charge in [-0.25, -0.2) is 0 Å². The van der Waals surface area contributed by atoms with E-state index in [2.05, 4.69) is 42.5 Å². The van der Waals surface area contributed by atoms with Gasteiger partial charge in [-0.1, -0.05) is 6.92 Å². The Morgan fingerprint density at radius 1 is 1.44 bits per heavy atom. The second-order valence-corrected chi connectivity index (χ2v) is 4.70. The molecule has 2 rings (SSSR count). The van der Waals surface area contributed by atoms with E-state index in [0.29, 0.717) is 0 Å². The van der Waals surface area contributed by atoms with Crippen LogP contribution in [-0.4, -0.2) is 5.84 Å². The highest BCUT2D eigenvalue weighted by atomic mass is 35.5. The van der Waals surface area contributed by atoms with Gasteiger partial charge in [0.15, 0.2) is 0 Å². The predicted molar refractivity (Wildman–Crippen MR) is 73.8 cm³/mol. The maximum Gasteiger partial charge on any atom is 0.106 e. The van der Waals surface area contributed by atoms with Crippen LogP contribution in [0.1, 0.15) is 35.4 Å². The first kappa shape index (κ1) is 13.3. The Morgan fingerprint density at radius 3 is 2.75 bits per heavy atom. The van der Waals surface area contributed by atoms with E-state index in [1.54, 1.807) is 0 Å². The topological polar surface area (TPSA) is 24.4 Å². The molecule has 1 aromatic rings. The van der Waals surface area contributed by atoms with Gasteiger partial charge in [0.1, 0.15) is 11.9 Å². The minimum atomic E-state index is 0. The molecule has 0 bridgehead atoms. The summed E-state index contributed by atoms with van der Waals surface area (Å²) >= 11 is 1.81. The Kier molecular flexibility index (Phi) is 4.56. The molecular weight excluding hydrogens is 240 g/mol. The molecule has 1 aromatic heterocycles. The van der Waals surface area contributed by atoms with Crippen LogP contribution in [0.2, 0.25) is 0 Å². The molecule has 0 aliphatic carbocycles. The summed E-state index contributed by atoms with van der Waals surface area (Å²) < 4.78 is 0.